The van der Waals surface area contributed by atoms with Gasteiger partial charge in [0.15, 0.2) is 0 Å². The van der Waals surface area contributed by atoms with Gasteiger partial charge in [-0.1, -0.05) is 42.5 Å². The smallest absolute Gasteiger partial charge is 0.256 e. The highest BCUT2D eigenvalue weighted by Gasteiger charge is 2.25. The first kappa shape index (κ1) is 17.4. The molecule has 3 heterocycles. The van der Waals surface area contributed by atoms with Crippen molar-refractivity contribution in [1.29, 1.82) is 0 Å². The molecule has 0 saturated carbocycles. The van der Waals surface area contributed by atoms with Crippen LogP contribution < -0.4 is 0 Å². The molecule has 0 spiro atoms. The van der Waals surface area contributed by atoms with Crippen LogP contribution in [0.4, 0.5) is 0 Å². The number of carbonyl (C=O) groups excluding carboxylic acids is 1. The monoisotopic (exact) mass is 384 g/mol. The number of aromatic amines is 1. The van der Waals surface area contributed by atoms with E-state index in [0.29, 0.717) is 18.7 Å². The Bertz CT molecular complexity index is 1130. The van der Waals surface area contributed by atoms with Crippen molar-refractivity contribution in [3.05, 3.63) is 84.1 Å². The van der Waals surface area contributed by atoms with E-state index in [1.54, 1.807) is 11.0 Å². The predicted octanol–water partition coefficient (Wildman–Crippen LogP) is 2.90. The Hall–Kier alpha value is -3.74. The standard InChI is InChI=1S/C22H20N6O/c29-22(18-8-4-5-9-20(18)28-15-23-14-24-28)27-12-10-17-19(11-13-27)25-26-21(17)16-6-2-1-3-7-16/h1-9,14-15H,10-13H2,(H,25,26). The fraction of sp³-hybridized carbons (Fsp3) is 0.182. The van der Waals surface area contributed by atoms with Gasteiger partial charge in [-0.2, -0.15) is 10.2 Å². The highest BCUT2D eigenvalue weighted by molar-refractivity contribution is 5.97. The minimum Gasteiger partial charge on any atom is -0.338 e. The Morgan fingerprint density at radius 2 is 1.76 bits per heavy atom. The summed E-state index contributed by atoms with van der Waals surface area (Å²) in [6.07, 6.45) is 4.61. The van der Waals surface area contributed by atoms with Crippen LogP contribution in [0.1, 0.15) is 21.6 Å². The van der Waals surface area contributed by atoms with Crippen LogP contribution in [0.15, 0.2) is 67.3 Å². The van der Waals surface area contributed by atoms with E-state index in [2.05, 4.69) is 32.4 Å². The number of H-pyrrole nitrogens is 1. The number of nitrogens with one attached hydrogen (secondary N) is 1. The van der Waals surface area contributed by atoms with E-state index in [1.165, 1.54) is 11.9 Å². The Kier molecular flexibility index (Phi) is 4.40. The second kappa shape index (κ2) is 7.35. The van der Waals surface area contributed by atoms with Gasteiger partial charge < -0.3 is 4.90 Å². The van der Waals surface area contributed by atoms with Crippen molar-refractivity contribution in [2.75, 3.05) is 13.1 Å². The highest BCUT2D eigenvalue weighted by Crippen LogP contribution is 2.27. The minimum atomic E-state index is 0.00970. The summed E-state index contributed by atoms with van der Waals surface area (Å²) in [5, 5.41) is 11.9. The molecule has 1 aliphatic heterocycles. The molecule has 144 valence electrons. The molecule has 1 aliphatic rings. The molecule has 1 N–H and O–H groups in total. The van der Waals surface area contributed by atoms with E-state index in [4.69, 9.17) is 0 Å². The van der Waals surface area contributed by atoms with Crippen LogP contribution in [0, 0.1) is 0 Å². The van der Waals surface area contributed by atoms with E-state index in [0.717, 1.165) is 35.5 Å². The summed E-state index contributed by atoms with van der Waals surface area (Å²) in [5.74, 6) is 0.00970. The summed E-state index contributed by atoms with van der Waals surface area (Å²) >= 11 is 0. The zero-order valence-corrected chi connectivity index (χ0v) is 15.8. The number of rotatable bonds is 3. The Morgan fingerprint density at radius 3 is 2.59 bits per heavy atom. The maximum absolute atomic E-state index is 13.3. The number of carbonyl (C=O) groups is 1. The third-order valence-electron chi connectivity index (χ3n) is 5.35. The van der Waals surface area contributed by atoms with Gasteiger partial charge in [0.25, 0.3) is 5.91 Å². The molecule has 5 rings (SSSR count). The molecule has 1 amide bonds. The summed E-state index contributed by atoms with van der Waals surface area (Å²) in [5.41, 5.74) is 5.77. The van der Waals surface area contributed by atoms with Gasteiger partial charge in [0.1, 0.15) is 12.7 Å². The van der Waals surface area contributed by atoms with Crippen molar-refractivity contribution in [2.45, 2.75) is 12.8 Å². The van der Waals surface area contributed by atoms with Crippen LogP contribution in [0.5, 0.6) is 0 Å². The second-order valence-electron chi connectivity index (χ2n) is 7.04. The van der Waals surface area contributed by atoms with Crippen molar-refractivity contribution in [3.8, 4) is 16.9 Å². The first-order valence-corrected chi connectivity index (χ1v) is 9.66. The maximum Gasteiger partial charge on any atom is 0.256 e. The first-order valence-electron chi connectivity index (χ1n) is 9.66. The lowest BCUT2D eigenvalue weighted by atomic mass is 10.0. The van der Waals surface area contributed by atoms with E-state index in [1.807, 2.05) is 47.4 Å². The maximum atomic E-state index is 13.3. The lowest BCUT2D eigenvalue weighted by molar-refractivity contribution is 0.0762. The van der Waals surface area contributed by atoms with Crippen LogP contribution in [-0.2, 0) is 12.8 Å². The molecule has 0 fully saturated rings. The predicted molar refractivity (Wildman–Crippen MR) is 109 cm³/mol. The third kappa shape index (κ3) is 3.20. The molecule has 0 unspecified atom stereocenters. The topological polar surface area (TPSA) is 79.7 Å². The van der Waals surface area contributed by atoms with Crippen LogP contribution >= 0.6 is 0 Å². The summed E-state index contributed by atoms with van der Waals surface area (Å²) in [4.78, 5) is 19.3. The fourth-order valence-corrected chi connectivity index (χ4v) is 3.88. The molecule has 0 aliphatic carbocycles. The molecule has 4 aromatic rings. The van der Waals surface area contributed by atoms with Crippen LogP contribution in [-0.4, -0.2) is 48.9 Å². The third-order valence-corrected chi connectivity index (χ3v) is 5.35. The van der Waals surface area contributed by atoms with E-state index >= 15 is 0 Å². The van der Waals surface area contributed by atoms with Crippen molar-refractivity contribution in [1.82, 2.24) is 29.9 Å². The number of nitrogens with zero attached hydrogens (tertiary/aromatic N) is 5. The molecule has 2 aromatic carbocycles. The lowest BCUT2D eigenvalue weighted by Crippen LogP contribution is -2.34. The molecule has 7 nitrogen and oxygen atoms in total. The number of amides is 1. The largest absolute Gasteiger partial charge is 0.338 e. The molecule has 0 radical (unpaired) electrons. The zero-order chi connectivity index (χ0) is 19.6. The number of para-hydroxylation sites is 1. The average Bonchev–Trinajstić information content (AvgIpc) is 3.40. The molecular weight excluding hydrogens is 364 g/mol. The number of aromatic nitrogens is 5. The van der Waals surface area contributed by atoms with Crippen molar-refractivity contribution >= 4 is 5.91 Å². The summed E-state index contributed by atoms with van der Waals surface area (Å²) in [7, 11) is 0. The SMILES string of the molecule is O=C(c1ccccc1-n1cncn1)N1CCc2[nH]nc(-c3ccccc3)c2CC1. The molecule has 29 heavy (non-hydrogen) atoms. The lowest BCUT2D eigenvalue weighted by Gasteiger charge is -2.21. The number of fused-ring (bicyclic) bond motifs is 1. The molecule has 2 aromatic heterocycles. The molecule has 0 saturated heterocycles. The van der Waals surface area contributed by atoms with E-state index < -0.39 is 0 Å². The molecular formula is C22H20N6O. The number of hydrogen-bond donors (Lipinski definition) is 1. The van der Waals surface area contributed by atoms with Crippen molar-refractivity contribution in [3.63, 3.8) is 0 Å². The van der Waals surface area contributed by atoms with Crippen molar-refractivity contribution in [2.24, 2.45) is 0 Å². The van der Waals surface area contributed by atoms with Gasteiger partial charge in [0, 0.05) is 36.3 Å². The van der Waals surface area contributed by atoms with Gasteiger partial charge in [0.05, 0.1) is 16.9 Å². The first-order chi connectivity index (χ1) is 14.3. The second-order valence-corrected chi connectivity index (χ2v) is 7.04. The Morgan fingerprint density at radius 1 is 0.966 bits per heavy atom. The van der Waals surface area contributed by atoms with E-state index in [9.17, 15) is 4.79 Å². The molecule has 7 heteroatoms. The fourth-order valence-electron chi connectivity index (χ4n) is 3.88. The van der Waals surface area contributed by atoms with E-state index in [-0.39, 0.29) is 5.91 Å². The molecule has 0 atom stereocenters. The number of hydrogen-bond acceptors (Lipinski definition) is 4. The van der Waals surface area contributed by atoms with Crippen LogP contribution in [0.2, 0.25) is 0 Å². The molecule has 0 bridgehead atoms. The van der Waals surface area contributed by atoms with Crippen molar-refractivity contribution < 1.29 is 4.79 Å². The summed E-state index contributed by atoms with van der Waals surface area (Å²) < 4.78 is 1.63. The normalized spacial score (nSPS) is 13.7. The van der Waals surface area contributed by atoms with Crippen LogP contribution in [0.3, 0.4) is 0 Å². The highest BCUT2D eigenvalue weighted by atomic mass is 16.2. The van der Waals surface area contributed by atoms with Gasteiger partial charge in [-0.3, -0.25) is 9.89 Å². The van der Waals surface area contributed by atoms with Gasteiger partial charge in [-0.05, 0) is 18.6 Å². The van der Waals surface area contributed by atoms with Gasteiger partial charge >= 0.3 is 0 Å². The Labute approximate surface area is 168 Å². The zero-order valence-electron chi connectivity index (χ0n) is 15.8. The van der Waals surface area contributed by atoms with Gasteiger partial charge in [0.2, 0.25) is 0 Å². The quantitative estimate of drug-likeness (QED) is 0.589. The summed E-state index contributed by atoms with van der Waals surface area (Å²) in [6.45, 7) is 1.30. The van der Waals surface area contributed by atoms with Gasteiger partial charge in [-0.25, -0.2) is 9.67 Å². The van der Waals surface area contributed by atoms with Crippen LogP contribution in [0.25, 0.3) is 16.9 Å². The minimum absolute atomic E-state index is 0.00970. The number of benzene rings is 2. The Balaban J connectivity index is 1.41. The summed E-state index contributed by atoms with van der Waals surface area (Å²) in [6, 6.07) is 17.7. The van der Waals surface area contributed by atoms with Gasteiger partial charge in [-0.15, -0.1) is 0 Å². The average molecular weight is 384 g/mol.